The van der Waals surface area contributed by atoms with Crippen LogP contribution >= 0.6 is 11.3 Å². The van der Waals surface area contributed by atoms with Gasteiger partial charge >= 0.3 is 6.18 Å². The van der Waals surface area contributed by atoms with Crippen LogP contribution in [0.15, 0.2) is 23.6 Å². The van der Waals surface area contributed by atoms with Gasteiger partial charge in [0.1, 0.15) is 0 Å². The summed E-state index contributed by atoms with van der Waals surface area (Å²) in [6, 6.07) is 3.87. The Bertz CT molecular complexity index is 582. The van der Waals surface area contributed by atoms with Gasteiger partial charge in [0.25, 0.3) is 0 Å². The topological polar surface area (TPSA) is 34.1 Å². The van der Waals surface area contributed by atoms with Crippen LogP contribution < -0.4 is 10.1 Å². The van der Waals surface area contributed by atoms with E-state index in [1.165, 1.54) is 19.2 Å². The minimum atomic E-state index is -4.48. The minimum Gasteiger partial charge on any atom is -0.494 e. The van der Waals surface area contributed by atoms with Gasteiger partial charge in [-0.3, -0.25) is 0 Å². The van der Waals surface area contributed by atoms with Crippen LogP contribution in [0, 0.1) is 5.82 Å². The van der Waals surface area contributed by atoms with E-state index in [0.717, 1.165) is 22.8 Å². The first-order valence-corrected chi connectivity index (χ1v) is 5.91. The highest BCUT2D eigenvalue weighted by Crippen LogP contribution is 2.33. The highest BCUT2D eigenvalue weighted by atomic mass is 32.1. The lowest BCUT2D eigenvalue weighted by atomic mass is 10.3. The maximum absolute atomic E-state index is 13.2. The summed E-state index contributed by atoms with van der Waals surface area (Å²) in [6.07, 6.45) is -4.48. The second-order valence-corrected chi connectivity index (χ2v) is 4.37. The molecule has 1 aromatic carbocycles. The molecule has 3 nitrogen and oxygen atoms in total. The van der Waals surface area contributed by atoms with E-state index >= 15 is 0 Å². The second kappa shape index (κ2) is 5.04. The number of nitrogens with one attached hydrogen (secondary N) is 1. The fourth-order valence-corrected chi connectivity index (χ4v) is 2.06. The molecular weight excluding hydrogens is 284 g/mol. The number of thiazole rings is 1. The van der Waals surface area contributed by atoms with Crippen molar-refractivity contribution in [2.75, 3.05) is 12.4 Å². The fourth-order valence-electron chi connectivity index (χ4n) is 1.32. The van der Waals surface area contributed by atoms with Crippen LogP contribution in [0.3, 0.4) is 0 Å². The van der Waals surface area contributed by atoms with Crippen molar-refractivity contribution in [1.29, 1.82) is 0 Å². The summed E-state index contributed by atoms with van der Waals surface area (Å²) in [5.41, 5.74) is -0.574. The van der Waals surface area contributed by atoms with E-state index in [0.29, 0.717) is 5.69 Å². The highest BCUT2D eigenvalue weighted by molar-refractivity contribution is 7.13. The van der Waals surface area contributed by atoms with Crippen LogP contribution in [0.5, 0.6) is 5.75 Å². The van der Waals surface area contributed by atoms with Gasteiger partial charge in [-0.1, -0.05) is 0 Å². The lowest BCUT2D eigenvalue weighted by molar-refractivity contribution is -0.140. The van der Waals surface area contributed by atoms with E-state index in [-0.39, 0.29) is 10.9 Å². The molecule has 8 heteroatoms. The molecule has 0 amide bonds. The van der Waals surface area contributed by atoms with Gasteiger partial charge in [-0.2, -0.15) is 13.2 Å². The predicted octanol–water partition coefficient (Wildman–Crippen LogP) is 4.05. The number of aromatic nitrogens is 1. The molecule has 0 atom stereocenters. The molecule has 0 spiro atoms. The Hall–Kier alpha value is -1.83. The molecule has 0 saturated carbocycles. The van der Waals surface area contributed by atoms with Gasteiger partial charge in [-0.05, 0) is 12.1 Å². The third-order valence-electron chi connectivity index (χ3n) is 2.20. The van der Waals surface area contributed by atoms with E-state index in [2.05, 4.69) is 10.3 Å². The third kappa shape index (κ3) is 3.14. The molecule has 0 unspecified atom stereocenters. The molecule has 0 fully saturated rings. The molecule has 19 heavy (non-hydrogen) atoms. The van der Waals surface area contributed by atoms with Crippen molar-refractivity contribution in [1.82, 2.24) is 4.98 Å². The second-order valence-electron chi connectivity index (χ2n) is 3.51. The third-order valence-corrected chi connectivity index (χ3v) is 2.95. The summed E-state index contributed by atoms with van der Waals surface area (Å²) in [5.74, 6) is -0.555. The first-order chi connectivity index (χ1) is 8.90. The molecule has 2 aromatic rings. The smallest absolute Gasteiger partial charge is 0.434 e. The lowest BCUT2D eigenvalue weighted by Crippen LogP contribution is -2.05. The van der Waals surface area contributed by atoms with Gasteiger partial charge in [-0.25, -0.2) is 9.37 Å². The molecule has 1 N–H and O–H groups in total. The van der Waals surface area contributed by atoms with Crippen molar-refractivity contribution in [3.05, 3.63) is 35.1 Å². The van der Waals surface area contributed by atoms with Crippen LogP contribution in [0.2, 0.25) is 0 Å². The molecule has 1 heterocycles. The Morgan fingerprint density at radius 3 is 2.63 bits per heavy atom. The molecule has 0 aliphatic rings. The van der Waals surface area contributed by atoms with Crippen molar-refractivity contribution in [2.24, 2.45) is 0 Å². The SMILES string of the molecule is COc1cc(Nc2nc(C(F)(F)F)cs2)ccc1F. The van der Waals surface area contributed by atoms with Crippen molar-refractivity contribution >= 4 is 22.2 Å². The van der Waals surface area contributed by atoms with Crippen LogP contribution in [-0.4, -0.2) is 12.1 Å². The first kappa shape index (κ1) is 13.6. The first-order valence-electron chi connectivity index (χ1n) is 5.03. The maximum Gasteiger partial charge on any atom is 0.434 e. The zero-order valence-corrected chi connectivity index (χ0v) is 10.4. The summed E-state index contributed by atoms with van der Waals surface area (Å²) in [7, 11) is 1.30. The largest absolute Gasteiger partial charge is 0.494 e. The van der Waals surface area contributed by atoms with Crippen molar-refractivity contribution in [3.63, 3.8) is 0 Å². The van der Waals surface area contributed by atoms with Gasteiger partial charge in [0.15, 0.2) is 22.4 Å². The normalized spacial score (nSPS) is 11.4. The fraction of sp³-hybridized carbons (Fsp3) is 0.182. The Labute approximate surface area is 109 Å². The number of benzene rings is 1. The summed E-state index contributed by atoms with van der Waals surface area (Å²) < 4.78 is 55.0. The molecule has 0 bridgehead atoms. The van der Waals surface area contributed by atoms with Gasteiger partial charge in [0.2, 0.25) is 0 Å². The average molecular weight is 292 g/mol. The monoisotopic (exact) mass is 292 g/mol. The highest BCUT2D eigenvalue weighted by Gasteiger charge is 2.33. The number of alkyl halides is 3. The van der Waals surface area contributed by atoms with E-state index in [9.17, 15) is 17.6 Å². The summed E-state index contributed by atoms with van der Waals surface area (Å²) >= 11 is 0.812. The number of hydrogen-bond donors (Lipinski definition) is 1. The molecule has 0 saturated heterocycles. The molecule has 0 radical (unpaired) electrons. The van der Waals surface area contributed by atoms with Crippen LogP contribution in [0.1, 0.15) is 5.69 Å². The molecule has 1 aromatic heterocycles. The minimum absolute atomic E-state index is 0.00222. The van der Waals surface area contributed by atoms with E-state index in [1.54, 1.807) is 0 Å². The zero-order valence-electron chi connectivity index (χ0n) is 9.58. The number of ether oxygens (including phenoxy) is 1. The number of halogens is 4. The zero-order chi connectivity index (χ0) is 14.0. The predicted molar refractivity (Wildman–Crippen MR) is 63.4 cm³/mol. The maximum atomic E-state index is 13.2. The van der Waals surface area contributed by atoms with Gasteiger partial charge in [0.05, 0.1) is 7.11 Å². The molecular formula is C11H8F4N2OS. The van der Waals surface area contributed by atoms with E-state index in [4.69, 9.17) is 4.74 Å². The Balaban J connectivity index is 2.19. The lowest BCUT2D eigenvalue weighted by Gasteiger charge is -2.06. The van der Waals surface area contributed by atoms with Crippen LogP contribution in [0.25, 0.3) is 0 Å². The molecule has 102 valence electrons. The van der Waals surface area contributed by atoms with Crippen LogP contribution in [-0.2, 0) is 6.18 Å². The number of rotatable bonds is 3. The number of hydrogen-bond acceptors (Lipinski definition) is 4. The Kier molecular flexibility index (Phi) is 3.61. The van der Waals surface area contributed by atoms with Gasteiger partial charge in [-0.15, -0.1) is 11.3 Å². The standard InChI is InChI=1S/C11H8F4N2OS/c1-18-8-4-6(2-3-7(8)12)16-10-17-9(5-19-10)11(13,14)15/h2-5H,1H3,(H,16,17). The van der Waals surface area contributed by atoms with E-state index in [1.807, 2.05) is 0 Å². The van der Waals surface area contributed by atoms with Gasteiger partial charge < -0.3 is 10.1 Å². The summed E-state index contributed by atoms with van der Waals surface area (Å²) in [5, 5.41) is 3.64. The molecule has 0 aliphatic heterocycles. The van der Waals surface area contributed by atoms with E-state index < -0.39 is 17.7 Å². The number of methoxy groups -OCH3 is 1. The Morgan fingerprint density at radius 1 is 1.32 bits per heavy atom. The molecule has 2 rings (SSSR count). The average Bonchev–Trinajstić information content (AvgIpc) is 2.80. The number of anilines is 2. The quantitative estimate of drug-likeness (QED) is 0.866. The Morgan fingerprint density at radius 2 is 2.05 bits per heavy atom. The number of nitrogens with zero attached hydrogens (tertiary/aromatic N) is 1. The van der Waals surface area contributed by atoms with Crippen molar-refractivity contribution in [2.45, 2.75) is 6.18 Å². The van der Waals surface area contributed by atoms with Crippen molar-refractivity contribution in [3.8, 4) is 5.75 Å². The summed E-state index contributed by atoms with van der Waals surface area (Å²) in [4.78, 5) is 3.40. The summed E-state index contributed by atoms with van der Waals surface area (Å²) in [6.45, 7) is 0. The van der Waals surface area contributed by atoms with Crippen molar-refractivity contribution < 1.29 is 22.3 Å². The molecule has 0 aliphatic carbocycles. The van der Waals surface area contributed by atoms with Crippen LogP contribution in [0.4, 0.5) is 28.4 Å². The van der Waals surface area contributed by atoms with Gasteiger partial charge in [0, 0.05) is 17.1 Å².